The van der Waals surface area contributed by atoms with Gasteiger partial charge in [0, 0.05) is 17.1 Å². The van der Waals surface area contributed by atoms with Gasteiger partial charge in [-0.25, -0.2) is 0 Å². The second-order valence-corrected chi connectivity index (χ2v) is 2.86. The van der Waals surface area contributed by atoms with Gasteiger partial charge < -0.3 is 10.9 Å². The number of nitrogens with zero attached hydrogens (tertiary/aromatic N) is 2. The van der Waals surface area contributed by atoms with Crippen LogP contribution in [0.5, 0.6) is 5.75 Å². The van der Waals surface area contributed by atoms with E-state index in [2.05, 4.69) is 10.1 Å². The van der Waals surface area contributed by atoms with Crippen LogP contribution < -0.4 is 5.84 Å². The van der Waals surface area contributed by atoms with Crippen molar-refractivity contribution in [3.63, 3.8) is 0 Å². The number of aromatic nitrogens is 1. The summed E-state index contributed by atoms with van der Waals surface area (Å²) < 4.78 is 0. The molecule has 1 aromatic carbocycles. The molecule has 0 spiro atoms. The predicted octanol–water partition coefficient (Wildman–Crippen LogP) is 1.23. The monoisotopic (exact) mass is 187 g/mol. The van der Waals surface area contributed by atoms with Gasteiger partial charge in [-0.2, -0.15) is 5.10 Å². The number of pyridine rings is 1. The van der Waals surface area contributed by atoms with Crippen molar-refractivity contribution in [3.05, 3.63) is 36.0 Å². The van der Waals surface area contributed by atoms with Gasteiger partial charge in [0.25, 0.3) is 0 Å². The quantitative estimate of drug-likeness (QED) is 0.400. The Morgan fingerprint density at radius 3 is 3.00 bits per heavy atom. The molecule has 14 heavy (non-hydrogen) atoms. The first kappa shape index (κ1) is 8.50. The number of hydrogen-bond donors (Lipinski definition) is 2. The molecule has 0 aliphatic carbocycles. The van der Waals surface area contributed by atoms with Crippen LogP contribution in [0.15, 0.2) is 35.6 Å². The van der Waals surface area contributed by atoms with E-state index in [4.69, 9.17) is 5.84 Å². The number of benzene rings is 1. The van der Waals surface area contributed by atoms with E-state index in [0.717, 1.165) is 5.39 Å². The lowest BCUT2D eigenvalue weighted by atomic mass is 10.1. The highest BCUT2D eigenvalue weighted by atomic mass is 16.3. The molecule has 2 rings (SSSR count). The van der Waals surface area contributed by atoms with Gasteiger partial charge in [-0.05, 0) is 12.1 Å². The van der Waals surface area contributed by atoms with Crippen molar-refractivity contribution in [1.82, 2.24) is 4.98 Å². The smallest absolute Gasteiger partial charge is 0.150 e. The summed E-state index contributed by atoms with van der Waals surface area (Å²) in [5, 5.41) is 14.0. The highest BCUT2D eigenvalue weighted by Gasteiger charge is 2.04. The molecule has 0 bridgehead atoms. The zero-order valence-electron chi connectivity index (χ0n) is 7.38. The van der Waals surface area contributed by atoms with Gasteiger partial charge in [-0.3, -0.25) is 4.98 Å². The van der Waals surface area contributed by atoms with Crippen LogP contribution in [0.4, 0.5) is 0 Å². The summed E-state index contributed by atoms with van der Waals surface area (Å²) in [6.07, 6.45) is 3.02. The van der Waals surface area contributed by atoms with Crippen molar-refractivity contribution >= 4 is 17.1 Å². The Balaban J connectivity index is 2.75. The fraction of sp³-hybridized carbons (Fsp3) is 0. The van der Waals surface area contributed by atoms with Crippen LogP contribution in [0.25, 0.3) is 10.9 Å². The van der Waals surface area contributed by atoms with E-state index < -0.39 is 0 Å². The molecule has 0 atom stereocenters. The summed E-state index contributed by atoms with van der Waals surface area (Å²) in [6.45, 7) is 0. The molecule has 0 unspecified atom stereocenters. The highest BCUT2D eigenvalue weighted by molar-refractivity contribution is 5.94. The maximum atomic E-state index is 9.77. The predicted molar refractivity (Wildman–Crippen MR) is 55.2 cm³/mol. The van der Waals surface area contributed by atoms with Crippen LogP contribution in [-0.2, 0) is 0 Å². The summed E-state index contributed by atoms with van der Waals surface area (Å²) in [6, 6.07) is 7.30. The summed E-state index contributed by atoms with van der Waals surface area (Å²) in [5.74, 6) is 5.12. The second-order valence-electron chi connectivity index (χ2n) is 2.86. The molecule has 0 saturated heterocycles. The fourth-order valence-corrected chi connectivity index (χ4v) is 1.33. The molecule has 0 aliphatic rings. The first-order chi connectivity index (χ1) is 6.83. The lowest BCUT2D eigenvalue weighted by Crippen LogP contribution is -1.89. The largest absolute Gasteiger partial charge is 0.505 e. The summed E-state index contributed by atoms with van der Waals surface area (Å²) in [4.78, 5) is 4.07. The van der Waals surface area contributed by atoms with Crippen LogP contribution in [0, 0.1) is 0 Å². The maximum absolute atomic E-state index is 9.77. The lowest BCUT2D eigenvalue weighted by Gasteiger charge is -2.02. The average Bonchev–Trinajstić information content (AvgIpc) is 2.23. The fourth-order valence-electron chi connectivity index (χ4n) is 1.33. The zero-order valence-corrected chi connectivity index (χ0v) is 7.38. The maximum Gasteiger partial charge on any atom is 0.150 e. The Morgan fingerprint density at radius 2 is 2.21 bits per heavy atom. The topological polar surface area (TPSA) is 71.5 Å². The minimum absolute atomic E-state index is 0.109. The summed E-state index contributed by atoms with van der Waals surface area (Å²) in [7, 11) is 0. The minimum atomic E-state index is 0.109. The molecule has 0 aliphatic heterocycles. The van der Waals surface area contributed by atoms with Gasteiger partial charge in [-0.1, -0.05) is 12.1 Å². The molecule has 4 heteroatoms. The van der Waals surface area contributed by atoms with Gasteiger partial charge in [0.15, 0.2) is 5.75 Å². The van der Waals surface area contributed by atoms with Crippen molar-refractivity contribution in [2.75, 3.05) is 0 Å². The third kappa shape index (κ3) is 1.26. The number of hydrazone groups is 1. The van der Waals surface area contributed by atoms with Crippen LogP contribution in [0.3, 0.4) is 0 Å². The molecule has 1 heterocycles. The Kier molecular flexibility index (Phi) is 2.02. The number of phenols is 1. The number of aromatic hydroxyl groups is 1. The Hall–Kier alpha value is -2.10. The standard InChI is InChI=1S/C10H9N3O/c11-13-6-8-4-3-7-2-1-5-12-9(7)10(8)14/h1-6,14H,11H2. The summed E-state index contributed by atoms with van der Waals surface area (Å²) in [5.41, 5.74) is 1.13. The van der Waals surface area contributed by atoms with Crippen molar-refractivity contribution in [2.45, 2.75) is 0 Å². The first-order valence-corrected chi connectivity index (χ1v) is 4.13. The molecular formula is C10H9N3O. The van der Waals surface area contributed by atoms with Gasteiger partial charge in [0.1, 0.15) is 5.52 Å². The van der Waals surface area contributed by atoms with Crippen molar-refractivity contribution in [1.29, 1.82) is 0 Å². The zero-order chi connectivity index (χ0) is 9.97. The second kappa shape index (κ2) is 3.33. The van der Waals surface area contributed by atoms with Crippen LogP contribution in [0.2, 0.25) is 0 Å². The minimum Gasteiger partial charge on any atom is -0.505 e. The van der Waals surface area contributed by atoms with Crippen LogP contribution in [-0.4, -0.2) is 16.3 Å². The van der Waals surface area contributed by atoms with Gasteiger partial charge in [0.2, 0.25) is 0 Å². The normalized spacial score (nSPS) is 11.1. The van der Waals surface area contributed by atoms with E-state index in [1.807, 2.05) is 18.2 Å². The third-order valence-corrected chi connectivity index (χ3v) is 1.99. The average molecular weight is 187 g/mol. The van der Waals surface area contributed by atoms with Crippen molar-refractivity contribution < 1.29 is 5.11 Å². The molecule has 4 nitrogen and oxygen atoms in total. The SMILES string of the molecule is NN=Cc1ccc2cccnc2c1O. The van der Waals surface area contributed by atoms with E-state index >= 15 is 0 Å². The number of fused-ring (bicyclic) bond motifs is 1. The summed E-state index contributed by atoms with van der Waals surface area (Å²) >= 11 is 0. The van der Waals surface area contributed by atoms with E-state index in [1.165, 1.54) is 6.21 Å². The Bertz CT molecular complexity index is 494. The third-order valence-electron chi connectivity index (χ3n) is 1.99. The molecule has 3 N–H and O–H groups in total. The van der Waals surface area contributed by atoms with Gasteiger partial charge >= 0.3 is 0 Å². The van der Waals surface area contributed by atoms with Crippen LogP contribution in [0.1, 0.15) is 5.56 Å². The molecule has 0 radical (unpaired) electrons. The van der Waals surface area contributed by atoms with Crippen molar-refractivity contribution in [3.8, 4) is 5.75 Å². The molecule has 1 aromatic heterocycles. The molecule has 2 aromatic rings. The van der Waals surface area contributed by atoms with E-state index in [-0.39, 0.29) is 5.75 Å². The molecular weight excluding hydrogens is 178 g/mol. The van der Waals surface area contributed by atoms with E-state index in [0.29, 0.717) is 11.1 Å². The Labute approximate surface area is 80.7 Å². The van der Waals surface area contributed by atoms with E-state index in [1.54, 1.807) is 12.3 Å². The number of nitrogens with two attached hydrogens (primary N) is 1. The number of rotatable bonds is 1. The number of hydrogen-bond acceptors (Lipinski definition) is 4. The first-order valence-electron chi connectivity index (χ1n) is 4.13. The van der Waals surface area contributed by atoms with Gasteiger partial charge in [-0.15, -0.1) is 0 Å². The number of phenolic OH excluding ortho intramolecular Hbond substituents is 1. The molecule has 70 valence electrons. The van der Waals surface area contributed by atoms with Crippen LogP contribution >= 0.6 is 0 Å². The van der Waals surface area contributed by atoms with Crippen molar-refractivity contribution in [2.24, 2.45) is 10.9 Å². The lowest BCUT2D eigenvalue weighted by molar-refractivity contribution is 0.479. The highest BCUT2D eigenvalue weighted by Crippen LogP contribution is 2.25. The molecule has 0 amide bonds. The van der Waals surface area contributed by atoms with Gasteiger partial charge in [0.05, 0.1) is 6.21 Å². The Morgan fingerprint density at radius 1 is 1.36 bits per heavy atom. The molecule has 0 saturated carbocycles. The molecule has 0 fully saturated rings. The van der Waals surface area contributed by atoms with E-state index in [9.17, 15) is 5.11 Å².